The van der Waals surface area contributed by atoms with Gasteiger partial charge in [0.2, 0.25) is 9.84 Å². The van der Waals surface area contributed by atoms with E-state index in [9.17, 15) is 13.2 Å². The molecule has 0 saturated carbocycles. The Labute approximate surface area is 173 Å². The number of pyridine rings is 2. The van der Waals surface area contributed by atoms with Gasteiger partial charge >= 0.3 is 0 Å². The summed E-state index contributed by atoms with van der Waals surface area (Å²) < 4.78 is 29.6. The second-order valence-corrected chi connectivity index (χ2v) is 9.33. The third-order valence-corrected chi connectivity index (χ3v) is 6.87. The summed E-state index contributed by atoms with van der Waals surface area (Å²) >= 11 is 0. The van der Waals surface area contributed by atoms with E-state index in [1.807, 2.05) is 26.8 Å². The maximum Gasteiger partial charge on any atom is 0.267 e. The number of aromatic nitrogens is 3. The summed E-state index contributed by atoms with van der Waals surface area (Å²) in [5.41, 5.74) is 2.06. The van der Waals surface area contributed by atoms with Crippen LogP contribution < -0.4 is 11.0 Å². The first-order chi connectivity index (χ1) is 14.2. The van der Waals surface area contributed by atoms with Crippen LogP contribution in [0.5, 0.6) is 0 Å². The molecule has 0 aliphatic carbocycles. The monoisotopic (exact) mass is 422 g/mol. The van der Waals surface area contributed by atoms with Gasteiger partial charge in [-0.25, -0.2) is 13.4 Å². The molecule has 4 rings (SSSR count). The highest BCUT2D eigenvalue weighted by Crippen LogP contribution is 2.21. The first kappa shape index (κ1) is 20.0. The van der Waals surface area contributed by atoms with E-state index in [2.05, 4.69) is 4.98 Å². The van der Waals surface area contributed by atoms with Crippen molar-refractivity contribution in [3.05, 3.63) is 75.6 Å². The van der Waals surface area contributed by atoms with Gasteiger partial charge in [-0.15, -0.1) is 0 Å². The maximum atomic E-state index is 13.3. The van der Waals surface area contributed by atoms with Crippen molar-refractivity contribution in [1.82, 2.24) is 14.0 Å². The zero-order chi connectivity index (χ0) is 21.6. The van der Waals surface area contributed by atoms with Crippen LogP contribution in [0.1, 0.15) is 24.5 Å². The molecule has 0 aliphatic heterocycles. The normalized spacial score (nSPS) is 12.0. The molecule has 0 unspecified atom stereocenters. The maximum absolute atomic E-state index is 13.3. The second kappa shape index (κ2) is 7.21. The molecule has 0 bridgehead atoms. The van der Waals surface area contributed by atoms with Crippen molar-refractivity contribution in [3.63, 3.8) is 0 Å². The molecule has 4 aromatic rings. The van der Waals surface area contributed by atoms with E-state index >= 15 is 0 Å². The van der Waals surface area contributed by atoms with Crippen LogP contribution in [0.2, 0.25) is 0 Å². The zero-order valence-corrected chi connectivity index (χ0v) is 17.8. The summed E-state index contributed by atoms with van der Waals surface area (Å²) in [6.07, 6.45) is 2.34. The van der Waals surface area contributed by atoms with Crippen LogP contribution in [0, 0.1) is 19.3 Å². The van der Waals surface area contributed by atoms with E-state index in [1.165, 1.54) is 27.2 Å². The fourth-order valence-corrected chi connectivity index (χ4v) is 4.89. The zero-order valence-electron chi connectivity index (χ0n) is 17.0. The molecule has 30 heavy (non-hydrogen) atoms. The molecule has 3 aromatic heterocycles. The molecular formula is C22H22N4O3S. The fourth-order valence-electron chi connectivity index (χ4n) is 3.51. The minimum absolute atomic E-state index is 0.0914. The molecule has 0 amide bonds. The number of fused-ring (bicyclic) bond motifs is 2. The van der Waals surface area contributed by atoms with Gasteiger partial charge in [0.1, 0.15) is 21.7 Å². The Morgan fingerprint density at radius 1 is 1.03 bits per heavy atom. The molecule has 0 atom stereocenters. The van der Waals surface area contributed by atoms with Crippen LogP contribution >= 0.6 is 0 Å². The molecule has 0 fully saturated rings. The van der Waals surface area contributed by atoms with Gasteiger partial charge in [-0.1, -0.05) is 30.7 Å². The third-order valence-electron chi connectivity index (χ3n) is 5.09. The number of hydrogen-bond donors (Lipinski definition) is 1. The van der Waals surface area contributed by atoms with Crippen molar-refractivity contribution in [3.8, 4) is 0 Å². The van der Waals surface area contributed by atoms with Gasteiger partial charge in [0.25, 0.3) is 5.56 Å². The Balaban J connectivity index is 2.13. The molecule has 0 spiro atoms. The van der Waals surface area contributed by atoms with Crippen LogP contribution in [0.15, 0.2) is 63.2 Å². The minimum Gasteiger partial charge on any atom is -0.310 e. The number of nitrogens with one attached hydrogen (secondary N) is 1. The number of benzene rings is 1. The molecule has 0 saturated heterocycles. The first-order valence-electron chi connectivity index (χ1n) is 9.67. The topological polar surface area (TPSA) is 97.3 Å². The summed E-state index contributed by atoms with van der Waals surface area (Å²) in [5.74, 6) is 0. The highest BCUT2D eigenvalue weighted by atomic mass is 32.2. The van der Waals surface area contributed by atoms with Crippen molar-refractivity contribution in [1.29, 1.82) is 5.41 Å². The lowest BCUT2D eigenvalue weighted by atomic mass is 10.2. The standard InChI is InChI=1S/C22H22N4O3S/c1-4-11-25-20(23)18(30(28,29)16-8-5-14(2)6-9-16)12-17-21(25)24-19-10-7-15(3)13-26(19)22(17)27/h5-10,12-13,23H,4,11H2,1-3H3. The molecule has 3 heterocycles. The molecule has 8 heteroatoms. The Bertz CT molecular complexity index is 1520. The molecule has 154 valence electrons. The number of rotatable bonds is 4. The van der Waals surface area contributed by atoms with Gasteiger partial charge < -0.3 is 4.57 Å². The summed E-state index contributed by atoms with van der Waals surface area (Å²) in [6, 6.07) is 11.4. The van der Waals surface area contributed by atoms with Crippen molar-refractivity contribution >= 4 is 26.5 Å². The van der Waals surface area contributed by atoms with Gasteiger partial charge in [-0.3, -0.25) is 14.6 Å². The lowest BCUT2D eigenvalue weighted by Crippen LogP contribution is -2.30. The molecule has 0 aliphatic rings. The largest absolute Gasteiger partial charge is 0.310 e. The molecule has 1 aromatic carbocycles. The predicted molar refractivity (Wildman–Crippen MR) is 114 cm³/mol. The Hall–Kier alpha value is -3.26. The SMILES string of the molecule is CCCn1c(=N)c(S(=O)(=O)c2ccc(C)cc2)cc2c(=O)n3cc(C)ccc3nc21. The second-order valence-electron chi connectivity index (χ2n) is 7.41. The van der Waals surface area contributed by atoms with E-state index in [4.69, 9.17) is 5.41 Å². The number of sulfone groups is 1. The predicted octanol–water partition coefficient (Wildman–Crippen LogP) is 2.99. The smallest absolute Gasteiger partial charge is 0.267 e. The van der Waals surface area contributed by atoms with E-state index in [1.54, 1.807) is 24.4 Å². The number of nitrogens with zero attached hydrogens (tertiary/aromatic N) is 3. The summed E-state index contributed by atoms with van der Waals surface area (Å²) in [5, 5.41) is 8.80. The summed E-state index contributed by atoms with van der Waals surface area (Å²) in [4.78, 5) is 17.7. The van der Waals surface area contributed by atoms with Gasteiger partial charge in [-0.2, -0.15) is 0 Å². The van der Waals surface area contributed by atoms with Crippen LogP contribution in [0.25, 0.3) is 16.7 Å². The van der Waals surface area contributed by atoms with Crippen LogP contribution in [0.3, 0.4) is 0 Å². The van der Waals surface area contributed by atoms with Crippen molar-refractivity contribution in [2.45, 2.75) is 43.5 Å². The molecule has 1 N–H and O–H groups in total. The van der Waals surface area contributed by atoms with E-state index in [-0.39, 0.29) is 26.2 Å². The van der Waals surface area contributed by atoms with Crippen LogP contribution in [-0.2, 0) is 16.4 Å². The number of hydrogen-bond acceptors (Lipinski definition) is 5. The Kier molecular flexibility index (Phi) is 4.82. The van der Waals surface area contributed by atoms with Crippen LogP contribution in [-0.4, -0.2) is 22.4 Å². The van der Waals surface area contributed by atoms with E-state index < -0.39 is 9.84 Å². The van der Waals surface area contributed by atoms with Crippen LogP contribution in [0.4, 0.5) is 0 Å². The average Bonchev–Trinajstić information content (AvgIpc) is 2.71. The van der Waals surface area contributed by atoms with Gasteiger partial charge in [0.05, 0.1) is 10.3 Å². The third kappa shape index (κ3) is 3.13. The highest BCUT2D eigenvalue weighted by molar-refractivity contribution is 7.91. The Morgan fingerprint density at radius 3 is 2.37 bits per heavy atom. The highest BCUT2D eigenvalue weighted by Gasteiger charge is 2.24. The summed E-state index contributed by atoms with van der Waals surface area (Å²) in [7, 11) is -3.98. The van der Waals surface area contributed by atoms with Crippen molar-refractivity contribution in [2.75, 3.05) is 0 Å². The number of aryl methyl sites for hydroxylation is 3. The van der Waals surface area contributed by atoms with E-state index in [0.29, 0.717) is 24.3 Å². The quantitative estimate of drug-likeness (QED) is 0.511. The minimum atomic E-state index is -3.98. The lowest BCUT2D eigenvalue weighted by molar-refractivity contribution is 0.586. The summed E-state index contributed by atoms with van der Waals surface area (Å²) in [6.45, 7) is 6.04. The molecule has 0 radical (unpaired) electrons. The van der Waals surface area contributed by atoms with Gasteiger partial charge in [0.15, 0.2) is 0 Å². The van der Waals surface area contributed by atoms with Crippen molar-refractivity contribution < 1.29 is 8.42 Å². The first-order valence-corrected chi connectivity index (χ1v) is 11.2. The van der Waals surface area contributed by atoms with Gasteiger partial charge in [0, 0.05) is 12.7 Å². The lowest BCUT2D eigenvalue weighted by Gasteiger charge is -2.14. The molecular weight excluding hydrogens is 400 g/mol. The van der Waals surface area contributed by atoms with Crippen molar-refractivity contribution in [2.24, 2.45) is 0 Å². The average molecular weight is 423 g/mol. The van der Waals surface area contributed by atoms with E-state index in [0.717, 1.165) is 11.1 Å². The van der Waals surface area contributed by atoms with Gasteiger partial charge in [-0.05, 0) is 50.1 Å². The fraction of sp³-hybridized carbons (Fsp3) is 0.227. The molecule has 7 nitrogen and oxygen atoms in total. The Morgan fingerprint density at radius 2 is 1.70 bits per heavy atom.